The van der Waals surface area contributed by atoms with E-state index in [1.54, 1.807) is 25.2 Å². The molecule has 0 aliphatic heterocycles. The Labute approximate surface area is 172 Å². The first-order valence-electron chi connectivity index (χ1n) is 10.2. The molecule has 2 rings (SSSR count). The van der Waals surface area contributed by atoms with Crippen molar-refractivity contribution in [2.75, 3.05) is 26.9 Å². The molecule has 7 heteroatoms. The quantitative estimate of drug-likeness (QED) is 0.585. The zero-order valence-electron chi connectivity index (χ0n) is 17.5. The Morgan fingerprint density at radius 3 is 2.48 bits per heavy atom. The average molecular weight is 402 g/mol. The Balaban J connectivity index is 2.01. The highest BCUT2D eigenvalue weighted by Gasteiger charge is 2.39. The number of carbonyl (C=O) groups is 2. The molecular weight excluding hydrogens is 372 g/mol. The van der Waals surface area contributed by atoms with Gasteiger partial charge in [0, 0.05) is 7.05 Å². The predicted octanol–water partition coefficient (Wildman–Crippen LogP) is 3.72. The van der Waals surface area contributed by atoms with Crippen LogP contribution in [0.5, 0.6) is 11.5 Å². The van der Waals surface area contributed by atoms with Crippen LogP contribution >= 0.6 is 0 Å². The minimum Gasteiger partial charge on any atom is -0.490 e. The summed E-state index contributed by atoms with van der Waals surface area (Å²) in [5.41, 5.74) is -0.525. The molecule has 0 atom stereocenters. The number of hydrogen-bond acceptors (Lipinski definition) is 6. The maximum atomic E-state index is 12.5. The number of nitriles is 1. The molecule has 0 N–H and O–H groups in total. The molecule has 1 fully saturated rings. The summed E-state index contributed by atoms with van der Waals surface area (Å²) >= 11 is 0. The predicted molar refractivity (Wildman–Crippen MR) is 108 cm³/mol. The van der Waals surface area contributed by atoms with Crippen LogP contribution in [0.25, 0.3) is 0 Å². The molecule has 0 aromatic heterocycles. The number of ether oxygens (including phenoxy) is 3. The molecule has 29 heavy (non-hydrogen) atoms. The number of amides is 1. The van der Waals surface area contributed by atoms with E-state index in [0.29, 0.717) is 37.6 Å². The first-order valence-corrected chi connectivity index (χ1v) is 10.2. The van der Waals surface area contributed by atoms with E-state index in [0.717, 1.165) is 25.7 Å². The molecule has 0 unspecified atom stereocenters. The van der Waals surface area contributed by atoms with E-state index in [1.165, 1.54) is 4.90 Å². The Morgan fingerprint density at radius 2 is 1.86 bits per heavy atom. The highest BCUT2D eigenvalue weighted by atomic mass is 16.5. The van der Waals surface area contributed by atoms with Gasteiger partial charge in [-0.3, -0.25) is 4.79 Å². The maximum absolute atomic E-state index is 12.5. The summed E-state index contributed by atoms with van der Waals surface area (Å²) in [4.78, 5) is 26.4. The second kappa shape index (κ2) is 10.7. The summed E-state index contributed by atoms with van der Waals surface area (Å²) < 4.78 is 16.4. The molecule has 1 amide bonds. The molecule has 0 radical (unpaired) electrons. The van der Waals surface area contributed by atoms with Gasteiger partial charge >= 0.3 is 5.97 Å². The third-order valence-corrected chi connectivity index (χ3v) is 5.17. The lowest BCUT2D eigenvalue weighted by molar-refractivity contribution is -0.138. The summed E-state index contributed by atoms with van der Waals surface area (Å²) in [7, 11) is 1.61. The molecule has 1 aliphatic rings. The number of carbonyl (C=O) groups excluding carboxylic acids is 2. The van der Waals surface area contributed by atoms with Gasteiger partial charge in [0.05, 0.1) is 24.8 Å². The van der Waals surface area contributed by atoms with Crippen LogP contribution in [0, 0.1) is 11.3 Å². The summed E-state index contributed by atoms with van der Waals surface area (Å²) in [5, 5.41) is 9.61. The summed E-state index contributed by atoms with van der Waals surface area (Å²) in [6.45, 7) is 4.42. The SMILES string of the molecule is CCCOc1ccc(C(=O)OCC(=O)N(C)C2(C#N)CCCCC2)cc1OCC. The van der Waals surface area contributed by atoms with Crippen molar-refractivity contribution in [2.45, 2.75) is 57.9 Å². The largest absolute Gasteiger partial charge is 0.490 e. The molecule has 1 aromatic rings. The Morgan fingerprint density at radius 1 is 1.14 bits per heavy atom. The minimum absolute atomic E-state index is 0.278. The summed E-state index contributed by atoms with van der Waals surface area (Å²) in [5.74, 6) is 0.0259. The van der Waals surface area contributed by atoms with Crippen molar-refractivity contribution in [2.24, 2.45) is 0 Å². The van der Waals surface area contributed by atoms with Gasteiger partial charge in [-0.15, -0.1) is 0 Å². The van der Waals surface area contributed by atoms with Gasteiger partial charge < -0.3 is 19.1 Å². The van der Waals surface area contributed by atoms with E-state index in [2.05, 4.69) is 6.07 Å². The number of rotatable bonds is 9. The van der Waals surface area contributed by atoms with Crippen molar-refractivity contribution >= 4 is 11.9 Å². The van der Waals surface area contributed by atoms with E-state index < -0.39 is 18.1 Å². The van der Waals surface area contributed by atoms with Crippen LogP contribution in [0.1, 0.15) is 62.7 Å². The Bertz CT molecular complexity index is 750. The molecule has 1 aliphatic carbocycles. The van der Waals surface area contributed by atoms with Crippen molar-refractivity contribution in [1.82, 2.24) is 4.90 Å². The van der Waals surface area contributed by atoms with Crippen molar-refractivity contribution in [3.63, 3.8) is 0 Å². The third kappa shape index (κ3) is 5.63. The van der Waals surface area contributed by atoms with Gasteiger partial charge in [0.2, 0.25) is 0 Å². The van der Waals surface area contributed by atoms with Crippen LogP contribution in [-0.2, 0) is 9.53 Å². The van der Waals surface area contributed by atoms with Gasteiger partial charge in [-0.05, 0) is 44.4 Å². The number of benzene rings is 1. The molecule has 0 heterocycles. The number of likely N-dealkylation sites (N-methyl/N-ethyl adjacent to an activating group) is 1. The van der Waals surface area contributed by atoms with Crippen LogP contribution in [0.15, 0.2) is 18.2 Å². The van der Waals surface area contributed by atoms with Crippen LogP contribution < -0.4 is 9.47 Å². The number of nitrogens with zero attached hydrogens (tertiary/aromatic N) is 2. The topological polar surface area (TPSA) is 88.9 Å². The van der Waals surface area contributed by atoms with E-state index in [-0.39, 0.29) is 11.5 Å². The van der Waals surface area contributed by atoms with E-state index in [1.807, 2.05) is 13.8 Å². The fourth-order valence-corrected chi connectivity index (χ4v) is 3.44. The minimum atomic E-state index is -0.803. The molecular formula is C22H30N2O5. The molecule has 7 nitrogen and oxygen atoms in total. The van der Waals surface area contributed by atoms with Crippen molar-refractivity contribution < 1.29 is 23.8 Å². The first kappa shape index (κ1) is 22.5. The van der Waals surface area contributed by atoms with E-state index >= 15 is 0 Å². The summed E-state index contributed by atoms with van der Waals surface area (Å²) in [6, 6.07) is 7.10. The van der Waals surface area contributed by atoms with Crippen LogP contribution in [0.4, 0.5) is 0 Å². The average Bonchev–Trinajstić information content (AvgIpc) is 2.76. The lowest BCUT2D eigenvalue weighted by Crippen LogP contribution is -2.51. The highest BCUT2D eigenvalue weighted by Crippen LogP contribution is 2.32. The highest BCUT2D eigenvalue weighted by molar-refractivity contribution is 5.92. The normalized spacial score (nSPS) is 15.1. The zero-order valence-corrected chi connectivity index (χ0v) is 17.5. The maximum Gasteiger partial charge on any atom is 0.338 e. The first-order chi connectivity index (χ1) is 14.0. The molecule has 0 spiro atoms. The fourth-order valence-electron chi connectivity index (χ4n) is 3.44. The molecule has 0 bridgehead atoms. The third-order valence-electron chi connectivity index (χ3n) is 5.17. The van der Waals surface area contributed by atoms with Gasteiger partial charge in [-0.2, -0.15) is 5.26 Å². The lowest BCUT2D eigenvalue weighted by atomic mass is 9.81. The van der Waals surface area contributed by atoms with Crippen molar-refractivity contribution in [1.29, 1.82) is 5.26 Å². The van der Waals surface area contributed by atoms with E-state index in [4.69, 9.17) is 14.2 Å². The fraction of sp³-hybridized carbons (Fsp3) is 0.591. The molecule has 0 saturated heterocycles. The van der Waals surface area contributed by atoms with Gasteiger partial charge in [0.15, 0.2) is 18.1 Å². The summed E-state index contributed by atoms with van der Waals surface area (Å²) in [6.07, 6.45) is 5.05. The van der Waals surface area contributed by atoms with Crippen LogP contribution in [0.3, 0.4) is 0 Å². The van der Waals surface area contributed by atoms with E-state index in [9.17, 15) is 14.9 Å². The van der Waals surface area contributed by atoms with Gasteiger partial charge in [0.25, 0.3) is 5.91 Å². The standard InChI is InChI=1S/C22H30N2O5/c1-4-13-28-18-10-9-17(14-19(18)27-5-2)21(26)29-15-20(25)24(3)22(16-23)11-7-6-8-12-22/h9-10,14H,4-8,11-13,15H2,1-3H3. The number of esters is 1. The Kier molecular flexibility index (Phi) is 8.32. The monoisotopic (exact) mass is 402 g/mol. The second-order valence-corrected chi connectivity index (χ2v) is 7.18. The Hall–Kier alpha value is -2.75. The number of hydrogen-bond donors (Lipinski definition) is 0. The molecule has 1 saturated carbocycles. The second-order valence-electron chi connectivity index (χ2n) is 7.18. The van der Waals surface area contributed by atoms with Crippen LogP contribution in [0.2, 0.25) is 0 Å². The molecule has 1 aromatic carbocycles. The lowest BCUT2D eigenvalue weighted by Gasteiger charge is -2.38. The zero-order chi connectivity index (χ0) is 21.3. The smallest absolute Gasteiger partial charge is 0.338 e. The van der Waals surface area contributed by atoms with Gasteiger partial charge in [-0.25, -0.2) is 4.79 Å². The van der Waals surface area contributed by atoms with Crippen LogP contribution in [-0.4, -0.2) is 49.2 Å². The van der Waals surface area contributed by atoms with Crippen molar-refractivity contribution in [3.8, 4) is 17.6 Å². The molecule has 158 valence electrons. The van der Waals surface area contributed by atoms with Crippen molar-refractivity contribution in [3.05, 3.63) is 23.8 Å². The van der Waals surface area contributed by atoms with Gasteiger partial charge in [-0.1, -0.05) is 26.2 Å². The van der Waals surface area contributed by atoms with Gasteiger partial charge in [0.1, 0.15) is 5.54 Å².